The van der Waals surface area contributed by atoms with Gasteiger partial charge in [-0.25, -0.2) is 4.98 Å². The molecule has 0 spiro atoms. The Kier molecular flexibility index (Phi) is 4.41. The molecule has 0 aliphatic heterocycles. The largest absolute Gasteiger partial charge is 0.355 e. The third kappa shape index (κ3) is 3.92. The number of thiazole rings is 1. The minimum Gasteiger partial charge on any atom is -0.355 e. The first kappa shape index (κ1) is 12.7. The van der Waals surface area contributed by atoms with Crippen molar-refractivity contribution in [1.82, 2.24) is 15.3 Å². The molecule has 2 aromatic heterocycles. The van der Waals surface area contributed by atoms with Crippen molar-refractivity contribution in [2.75, 3.05) is 6.54 Å². The van der Waals surface area contributed by atoms with Crippen molar-refractivity contribution in [3.05, 3.63) is 46.2 Å². The van der Waals surface area contributed by atoms with E-state index in [1.165, 1.54) is 0 Å². The van der Waals surface area contributed by atoms with Gasteiger partial charge in [0.15, 0.2) is 0 Å². The lowest BCUT2D eigenvalue weighted by molar-refractivity contribution is -0.120. The Balaban J connectivity index is 1.72. The van der Waals surface area contributed by atoms with Gasteiger partial charge in [-0.2, -0.15) is 0 Å². The number of carbonyl (C=O) groups excluding carboxylic acids is 1. The molecule has 0 unspecified atom stereocenters. The number of hydrogen-bond acceptors (Lipinski definition) is 4. The average Bonchev–Trinajstić information content (AvgIpc) is 2.76. The summed E-state index contributed by atoms with van der Waals surface area (Å²) in [6, 6.07) is 3.70. The van der Waals surface area contributed by atoms with Crippen molar-refractivity contribution in [2.24, 2.45) is 0 Å². The highest BCUT2D eigenvalue weighted by Gasteiger charge is 2.03. The number of aryl methyl sites for hydroxylation is 1. The average molecular weight is 261 g/mol. The number of nitrogens with one attached hydrogen (secondary N) is 1. The van der Waals surface area contributed by atoms with Crippen molar-refractivity contribution in [2.45, 2.75) is 19.8 Å². The maximum atomic E-state index is 11.7. The molecule has 4 nitrogen and oxygen atoms in total. The fourth-order valence-corrected chi connectivity index (χ4v) is 2.35. The quantitative estimate of drug-likeness (QED) is 0.892. The summed E-state index contributed by atoms with van der Waals surface area (Å²) in [7, 11) is 0. The monoisotopic (exact) mass is 261 g/mol. The van der Waals surface area contributed by atoms with E-state index in [0.717, 1.165) is 22.7 Å². The Labute approximate surface area is 110 Å². The normalized spacial score (nSPS) is 10.3. The summed E-state index contributed by atoms with van der Waals surface area (Å²) < 4.78 is 0. The van der Waals surface area contributed by atoms with Gasteiger partial charge in [0.2, 0.25) is 5.91 Å². The third-order valence-electron chi connectivity index (χ3n) is 2.44. The molecule has 2 aromatic rings. The number of pyridine rings is 1. The van der Waals surface area contributed by atoms with Crippen molar-refractivity contribution in [1.29, 1.82) is 0 Å². The minimum atomic E-state index is 0.0366. The van der Waals surface area contributed by atoms with E-state index in [4.69, 9.17) is 0 Å². The van der Waals surface area contributed by atoms with Gasteiger partial charge in [0.05, 0.1) is 11.4 Å². The fraction of sp³-hybridized carbons (Fsp3) is 0.308. The van der Waals surface area contributed by atoms with E-state index >= 15 is 0 Å². The van der Waals surface area contributed by atoms with Gasteiger partial charge < -0.3 is 5.32 Å². The number of carbonyl (C=O) groups is 1. The van der Waals surface area contributed by atoms with Crippen molar-refractivity contribution >= 4 is 17.2 Å². The molecule has 0 saturated carbocycles. The SMILES string of the molecule is Cc1csc(CCNC(=O)Cc2ccncc2)n1. The van der Waals surface area contributed by atoms with Crippen LogP contribution in [0.4, 0.5) is 0 Å². The molecule has 94 valence electrons. The highest BCUT2D eigenvalue weighted by atomic mass is 32.1. The lowest BCUT2D eigenvalue weighted by atomic mass is 10.2. The highest BCUT2D eigenvalue weighted by molar-refractivity contribution is 7.09. The van der Waals surface area contributed by atoms with E-state index < -0.39 is 0 Å². The molecule has 0 saturated heterocycles. The standard InChI is InChI=1S/C13H15N3OS/c1-10-9-18-13(16-10)4-7-15-12(17)8-11-2-5-14-6-3-11/h2-3,5-6,9H,4,7-8H2,1H3,(H,15,17). The molecule has 1 amide bonds. The van der Waals surface area contributed by atoms with Gasteiger partial charge in [0, 0.05) is 36.4 Å². The van der Waals surface area contributed by atoms with E-state index in [1.54, 1.807) is 23.7 Å². The first-order valence-corrected chi connectivity index (χ1v) is 6.68. The maximum absolute atomic E-state index is 11.7. The number of aromatic nitrogens is 2. The molecule has 2 rings (SSSR count). The van der Waals surface area contributed by atoms with Gasteiger partial charge in [-0.3, -0.25) is 9.78 Å². The predicted octanol–water partition coefficient (Wildman–Crippen LogP) is 1.75. The second-order valence-corrected chi connectivity index (χ2v) is 4.96. The van der Waals surface area contributed by atoms with Crippen LogP contribution in [0.1, 0.15) is 16.3 Å². The van der Waals surface area contributed by atoms with Crippen LogP contribution in [-0.4, -0.2) is 22.4 Å². The zero-order chi connectivity index (χ0) is 12.8. The molecular formula is C13H15N3OS. The zero-order valence-electron chi connectivity index (χ0n) is 10.2. The van der Waals surface area contributed by atoms with Crippen LogP contribution >= 0.6 is 11.3 Å². The minimum absolute atomic E-state index is 0.0366. The zero-order valence-corrected chi connectivity index (χ0v) is 11.0. The molecule has 0 fully saturated rings. The van der Waals surface area contributed by atoms with Gasteiger partial charge in [-0.05, 0) is 24.6 Å². The van der Waals surface area contributed by atoms with Crippen LogP contribution in [0.25, 0.3) is 0 Å². The van der Waals surface area contributed by atoms with Crippen LogP contribution in [0, 0.1) is 6.92 Å². The smallest absolute Gasteiger partial charge is 0.224 e. The Morgan fingerprint density at radius 2 is 2.17 bits per heavy atom. The van der Waals surface area contributed by atoms with Gasteiger partial charge in [-0.1, -0.05) is 0 Å². The Hall–Kier alpha value is -1.75. The van der Waals surface area contributed by atoms with E-state index in [0.29, 0.717) is 13.0 Å². The summed E-state index contributed by atoms with van der Waals surface area (Å²) in [5, 5.41) is 5.98. The van der Waals surface area contributed by atoms with Crippen molar-refractivity contribution in [3.8, 4) is 0 Å². The Morgan fingerprint density at radius 3 is 2.83 bits per heavy atom. The van der Waals surface area contributed by atoms with Crippen LogP contribution in [0.2, 0.25) is 0 Å². The maximum Gasteiger partial charge on any atom is 0.224 e. The molecule has 0 aliphatic rings. The topological polar surface area (TPSA) is 54.9 Å². The summed E-state index contributed by atoms with van der Waals surface area (Å²) in [4.78, 5) is 19.9. The molecule has 0 atom stereocenters. The number of amides is 1. The van der Waals surface area contributed by atoms with Crippen LogP contribution in [-0.2, 0) is 17.6 Å². The number of nitrogens with zero attached hydrogens (tertiary/aromatic N) is 2. The summed E-state index contributed by atoms with van der Waals surface area (Å²) in [6.07, 6.45) is 4.59. The predicted molar refractivity (Wildman–Crippen MR) is 71.5 cm³/mol. The molecule has 0 radical (unpaired) electrons. The first-order chi connectivity index (χ1) is 8.74. The Bertz CT molecular complexity index is 510. The van der Waals surface area contributed by atoms with E-state index in [2.05, 4.69) is 15.3 Å². The third-order valence-corrected chi connectivity index (χ3v) is 3.47. The second kappa shape index (κ2) is 6.26. The van der Waals surface area contributed by atoms with Crippen LogP contribution in [0.3, 0.4) is 0 Å². The summed E-state index contributed by atoms with van der Waals surface area (Å²) >= 11 is 1.63. The molecule has 5 heteroatoms. The Morgan fingerprint density at radius 1 is 1.39 bits per heavy atom. The van der Waals surface area contributed by atoms with Crippen LogP contribution in [0.5, 0.6) is 0 Å². The summed E-state index contributed by atoms with van der Waals surface area (Å²) in [6.45, 7) is 2.61. The number of hydrogen-bond donors (Lipinski definition) is 1. The molecule has 0 aromatic carbocycles. The molecule has 0 bridgehead atoms. The number of rotatable bonds is 5. The van der Waals surface area contributed by atoms with Gasteiger partial charge in [0.1, 0.15) is 0 Å². The van der Waals surface area contributed by atoms with Crippen molar-refractivity contribution in [3.63, 3.8) is 0 Å². The second-order valence-electron chi connectivity index (χ2n) is 4.01. The lowest BCUT2D eigenvalue weighted by Crippen LogP contribution is -2.27. The first-order valence-electron chi connectivity index (χ1n) is 5.80. The highest BCUT2D eigenvalue weighted by Crippen LogP contribution is 2.08. The molecule has 2 heterocycles. The lowest BCUT2D eigenvalue weighted by Gasteiger charge is -2.03. The molecular weight excluding hydrogens is 246 g/mol. The molecule has 0 aliphatic carbocycles. The van der Waals surface area contributed by atoms with Crippen LogP contribution < -0.4 is 5.32 Å². The van der Waals surface area contributed by atoms with E-state index in [1.807, 2.05) is 24.4 Å². The molecule has 1 N–H and O–H groups in total. The van der Waals surface area contributed by atoms with Crippen molar-refractivity contribution < 1.29 is 4.79 Å². The fourth-order valence-electron chi connectivity index (χ4n) is 1.57. The van der Waals surface area contributed by atoms with Crippen LogP contribution in [0.15, 0.2) is 29.9 Å². The van der Waals surface area contributed by atoms with Gasteiger partial charge >= 0.3 is 0 Å². The van der Waals surface area contributed by atoms with E-state index in [9.17, 15) is 4.79 Å². The van der Waals surface area contributed by atoms with Gasteiger partial charge in [0.25, 0.3) is 0 Å². The van der Waals surface area contributed by atoms with Gasteiger partial charge in [-0.15, -0.1) is 11.3 Å². The summed E-state index contributed by atoms with van der Waals surface area (Å²) in [5.41, 5.74) is 2.02. The van der Waals surface area contributed by atoms with E-state index in [-0.39, 0.29) is 5.91 Å². The molecule has 18 heavy (non-hydrogen) atoms. The summed E-state index contributed by atoms with van der Waals surface area (Å²) in [5.74, 6) is 0.0366.